The second kappa shape index (κ2) is 5.23. The second-order valence-electron chi connectivity index (χ2n) is 3.94. The predicted octanol–water partition coefficient (Wildman–Crippen LogP) is 3.05. The summed E-state index contributed by atoms with van der Waals surface area (Å²) in [6.07, 6.45) is 1.95. The van der Waals surface area contributed by atoms with Gasteiger partial charge in [0.05, 0.1) is 5.01 Å². The molecule has 2 aromatic rings. The zero-order chi connectivity index (χ0) is 11.4. The van der Waals surface area contributed by atoms with E-state index < -0.39 is 0 Å². The van der Waals surface area contributed by atoms with Gasteiger partial charge in [0, 0.05) is 24.2 Å². The van der Waals surface area contributed by atoms with Crippen LogP contribution in [-0.2, 0) is 13.1 Å². The normalized spacial score (nSPS) is 10.6. The third-order valence-corrected chi connectivity index (χ3v) is 3.29. The average Bonchev–Trinajstić information content (AvgIpc) is 2.64. The van der Waals surface area contributed by atoms with Crippen LogP contribution in [0.3, 0.4) is 0 Å². The van der Waals surface area contributed by atoms with Crippen LogP contribution in [0, 0.1) is 13.8 Å². The summed E-state index contributed by atoms with van der Waals surface area (Å²) in [6.45, 7) is 5.98. The summed E-state index contributed by atoms with van der Waals surface area (Å²) < 4.78 is 0. The summed E-state index contributed by atoms with van der Waals surface area (Å²) in [6, 6.07) is 8.59. The molecule has 0 aliphatic rings. The third-order valence-electron chi connectivity index (χ3n) is 2.38. The molecule has 0 bridgehead atoms. The minimum absolute atomic E-state index is 0.902. The van der Waals surface area contributed by atoms with Crippen molar-refractivity contribution in [2.45, 2.75) is 26.9 Å². The van der Waals surface area contributed by atoms with E-state index in [4.69, 9.17) is 0 Å². The number of thiazole rings is 1. The van der Waals surface area contributed by atoms with E-state index in [2.05, 4.69) is 41.5 Å². The Balaban J connectivity index is 1.84. The molecule has 2 rings (SSSR count). The molecule has 0 saturated heterocycles. The Kier molecular flexibility index (Phi) is 3.70. The maximum atomic E-state index is 4.23. The fourth-order valence-corrected chi connectivity index (χ4v) is 2.40. The summed E-state index contributed by atoms with van der Waals surface area (Å²) in [5.41, 5.74) is 2.65. The highest BCUT2D eigenvalue weighted by molar-refractivity contribution is 7.11. The first-order valence-corrected chi connectivity index (χ1v) is 6.23. The second-order valence-corrected chi connectivity index (χ2v) is 5.26. The molecular weight excluding hydrogens is 216 g/mol. The number of nitrogens with one attached hydrogen (secondary N) is 1. The molecule has 0 spiro atoms. The van der Waals surface area contributed by atoms with Crippen LogP contribution in [0.1, 0.15) is 21.0 Å². The number of benzene rings is 1. The lowest BCUT2D eigenvalue weighted by molar-refractivity contribution is 0.699. The number of rotatable bonds is 4. The Bertz CT molecular complexity index is 462. The van der Waals surface area contributed by atoms with Gasteiger partial charge in [-0.05, 0) is 19.4 Å². The fourth-order valence-electron chi connectivity index (χ4n) is 1.64. The van der Waals surface area contributed by atoms with Gasteiger partial charge in [-0.25, -0.2) is 4.98 Å². The third kappa shape index (κ3) is 3.15. The molecule has 0 aliphatic heterocycles. The van der Waals surface area contributed by atoms with Gasteiger partial charge in [0.1, 0.15) is 0 Å². The largest absolute Gasteiger partial charge is 0.308 e. The van der Waals surface area contributed by atoms with Crippen molar-refractivity contribution in [1.82, 2.24) is 10.3 Å². The summed E-state index contributed by atoms with van der Waals surface area (Å²) in [5.74, 6) is 0. The van der Waals surface area contributed by atoms with Gasteiger partial charge in [0.15, 0.2) is 0 Å². The van der Waals surface area contributed by atoms with Crippen LogP contribution in [0.15, 0.2) is 30.5 Å². The van der Waals surface area contributed by atoms with Crippen LogP contribution >= 0.6 is 11.3 Å². The highest BCUT2D eigenvalue weighted by Crippen LogP contribution is 2.11. The molecule has 0 saturated carbocycles. The van der Waals surface area contributed by atoms with Gasteiger partial charge in [0.2, 0.25) is 0 Å². The first-order chi connectivity index (χ1) is 7.74. The lowest BCUT2D eigenvalue weighted by atomic mass is 10.1. The number of hydrogen-bond donors (Lipinski definition) is 1. The van der Waals surface area contributed by atoms with Crippen molar-refractivity contribution in [2.24, 2.45) is 0 Å². The molecule has 0 amide bonds. The van der Waals surface area contributed by atoms with Crippen molar-refractivity contribution in [2.75, 3.05) is 0 Å². The Labute approximate surface area is 100 Å². The van der Waals surface area contributed by atoms with Crippen molar-refractivity contribution in [1.29, 1.82) is 0 Å². The van der Waals surface area contributed by atoms with E-state index in [-0.39, 0.29) is 0 Å². The smallest absolute Gasteiger partial charge is 0.0897 e. The van der Waals surface area contributed by atoms with Gasteiger partial charge in [-0.2, -0.15) is 0 Å². The molecule has 2 nitrogen and oxygen atoms in total. The number of nitrogens with zero attached hydrogens (tertiary/aromatic N) is 1. The molecule has 1 N–H and O–H groups in total. The maximum absolute atomic E-state index is 4.23. The molecule has 0 aliphatic carbocycles. The first kappa shape index (κ1) is 11.3. The van der Waals surface area contributed by atoms with Gasteiger partial charge in [0.25, 0.3) is 0 Å². The lowest BCUT2D eigenvalue weighted by Crippen LogP contribution is -2.11. The van der Waals surface area contributed by atoms with E-state index in [1.54, 1.807) is 11.3 Å². The molecule has 3 heteroatoms. The van der Waals surface area contributed by atoms with Gasteiger partial charge in [-0.3, -0.25) is 0 Å². The van der Waals surface area contributed by atoms with Crippen LogP contribution in [0.2, 0.25) is 0 Å². The van der Waals surface area contributed by atoms with Gasteiger partial charge in [-0.1, -0.05) is 29.8 Å². The Morgan fingerprint density at radius 3 is 2.81 bits per heavy atom. The minimum Gasteiger partial charge on any atom is -0.308 e. The molecule has 0 radical (unpaired) electrons. The Hall–Kier alpha value is -1.19. The van der Waals surface area contributed by atoms with Gasteiger partial charge >= 0.3 is 0 Å². The van der Waals surface area contributed by atoms with Crippen molar-refractivity contribution < 1.29 is 0 Å². The minimum atomic E-state index is 0.902. The van der Waals surface area contributed by atoms with E-state index in [1.807, 2.05) is 13.1 Å². The zero-order valence-corrected chi connectivity index (χ0v) is 10.5. The van der Waals surface area contributed by atoms with E-state index in [0.29, 0.717) is 0 Å². The Morgan fingerprint density at radius 2 is 2.12 bits per heavy atom. The molecule has 0 fully saturated rings. The van der Waals surface area contributed by atoms with Crippen LogP contribution in [0.25, 0.3) is 0 Å². The van der Waals surface area contributed by atoms with Crippen LogP contribution in [-0.4, -0.2) is 4.98 Å². The maximum Gasteiger partial charge on any atom is 0.0897 e. The topological polar surface area (TPSA) is 24.9 Å². The number of aromatic nitrogens is 1. The molecule has 1 aromatic heterocycles. The van der Waals surface area contributed by atoms with Crippen molar-refractivity contribution in [3.63, 3.8) is 0 Å². The molecule has 84 valence electrons. The summed E-state index contributed by atoms with van der Waals surface area (Å²) in [4.78, 5) is 5.53. The number of hydrogen-bond acceptors (Lipinski definition) is 3. The monoisotopic (exact) mass is 232 g/mol. The summed E-state index contributed by atoms with van der Waals surface area (Å²) in [7, 11) is 0. The van der Waals surface area contributed by atoms with Gasteiger partial charge in [-0.15, -0.1) is 11.3 Å². The van der Waals surface area contributed by atoms with E-state index >= 15 is 0 Å². The fraction of sp³-hybridized carbons (Fsp3) is 0.308. The van der Waals surface area contributed by atoms with E-state index in [0.717, 1.165) is 18.1 Å². The highest BCUT2D eigenvalue weighted by Gasteiger charge is 1.98. The highest BCUT2D eigenvalue weighted by atomic mass is 32.1. The molecule has 0 atom stereocenters. The molecule has 0 unspecified atom stereocenters. The quantitative estimate of drug-likeness (QED) is 0.876. The summed E-state index contributed by atoms with van der Waals surface area (Å²) >= 11 is 1.75. The van der Waals surface area contributed by atoms with Crippen LogP contribution < -0.4 is 5.32 Å². The van der Waals surface area contributed by atoms with Crippen LogP contribution in [0.5, 0.6) is 0 Å². The van der Waals surface area contributed by atoms with Crippen molar-refractivity contribution in [3.05, 3.63) is 51.5 Å². The molecule has 1 aromatic carbocycles. The molecule has 16 heavy (non-hydrogen) atoms. The van der Waals surface area contributed by atoms with Crippen LogP contribution in [0.4, 0.5) is 0 Å². The lowest BCUT2D eigenvalue weighted by Gasteiger charge is -2.03. The molecule has 1 heterocycles. The summed E-state index contributed by atoms with van der Waals surface area (Å²) in [5, 5.41) is 4.56. The standard InChI is InChI=1S/C13H16N2S/c1-10-4-3-5-12(6-10)7-14-8-13-9-15-11(2)16-13/h3-6,9,14H,7-8H2,1-2H3. The predicted molar refractivity (Wildman–Crippen MR) is 68.6 cm³/mol. The molecular formula is C13H16N2S. The first-order valence-electron chi connectivity index (χ1n) is 5.41. The van der Waals surface area contributed by atoms with Crippen molar-refractivity contribution >= 4 is 11.3 Å². The van der Waals surface area contributed by atoms with Crippen molar-refractivity contribution in [3.8, 4) is 0 Å². The van der Waals surface area contributed by atoms with E-state index in [9.17, 15) is 0 Å². The van der Waals surface area contributed by atoms with E-state index in [1.165, 1.54) is 16.0 Å². The Morgan fingerprint density at radius 1 is 1.25 bits per heavy atom. The number of aryl methyl sites for hydroxylation is 2. The average molecular weight is 232 g/mol. The van der Waals surface area contributed by atoms with Gasteiger partial charge < -0.3 is 5.32 Å². The zero-order valence-electron chi connectivity index (χ0n) is 9.66. The SMILES string of the molecule is Cc1cccc(CNCc2cnc(C)s2)c1.